The summed E-state index contributed by atoms with van der Waals surface area (Å²) >= 11 is 0. The molecule has 0 fully saturated rings. The lowest BCUT2D eigenvalue weighted by molar-refractivity contribution is 0.461. The van der Waals surface area contributed by atoms with Gasteiger partial charge in [0.1, 0.15) is 5.75 Å². The van der Waals surface area contributed by atoms with Crippen LogP contribution in [0.3, 0.4) is 0 Å². The topological polar surface area (TPSA) is 49.3 Å². The molecule has 3 aromatic rings. The predicted molar refractivity (Wildman–Crippen MR) is 126 cm³/mol. The average Bonchev–Trinajstić information content (AvgIpc) is 2.72. The lowest BCUT2D eigenvalue weighted by Crippen LogP contribution is -2.37. The second kappa shape index (κ2) is 9.67. The Morgan fingerprint density at radius 2 is 1.34 bits per heavy atom. The normalized spacial score (nSPS) is 13.9. The molecule has 0 bridgehead atoms. The highest BCUT2D eigenvalue weighted by Gasteiger charge is 2.28. The van der Waals surface area contributed by atoms with Crippen LogP contribution in [0.4, 0.5) is 0 Å². The van der Waals surface area contributed by atoms with Crippen molar-refractivity contribution in [1.82, 2.24) is 4.72 Å². The summed E-state index contributed by atoms with van der Waals surface area (Å²) in [6.07, 6.45) is 0.739. The molecule has 152 valence electrons. The summed E-state index contributed by atoms with van der Waals surface area (Å²) in [5.41, 5.74) is 0.782. The molecule has 0 saturated heterocycles. The van der Waals surface area contributed by atoms with Crippen molar-refractivity contribution < 1.29 is 9.32 Å². The van der Waals surface area contributed by atoms with E-state index in [1.54, 1.807) is 6.07 Å². The molecule has 0 spiro atoms. The predicted octanol–water partition coefficient (Wildman–Crippen LogP) is 4.62. The van der Waals surface area contributed by atoms with E-state index in [2.05, 4.69) is 53.3 Å². The molecular weight excluding hydrogens is 397 g/mol. The van der Waals surface area contributed by atoms with E-state index in [1.807, 2.05) is 51.1 Å². The first-order valence-corrected chi connectivity index (χ1v) is 12.4. The lowest BCUT2D eigenvalue weighted by atomic mass is 10.1. The van der Waals surface area contributed by atoms with E-state index in [0.717, 1.165) is 11.7 Å². The van der Waals surface area contributed by atoms with Crippen molar-refractivity contribution in [3.05, 3.63) is 90.5 Å². The molecule has 29 heavy (non-hydrogen) atoms. The molecule has 0 radical (unpaired) electrons. The molecule has 0 aromatic heterocycles. The maximum atomic E-state index is 12.9. The number of phenolic OH excluding ortho intramolecular Hbond substituents is 1. The Kier molecular flexibility index (Phi) is 7.23. The average molecular weight is 426 g/mol. The van der Waals surface area contributed by atoms with E-state index in [1.165, 1.54) is 10.6 Å². The monoisotopic (exact) mass is 425 g/mol. The van der Waals surface area contributed by atoms with Gasteiger partial charge in [0.25, 0.3) is 0 Å². The Morgan fingerprint density at radius 3 is 1.83 bits per heavy atom. The Labute approximate surface area is 177 Å². The molecule has 2 atom stereocenters. The summed E-state index contributed by atoms with van der Waals surface area (Å²) in [7, 11) is -1.96. The van der Waals surface area contributed by atoms with Crippen molar-refractivity contribution in [2.24, 2.45) is 0 Å². The number of hydrogen-bond donors (Lipinski definition) is 2. The first-order valence-electron chi connectivity index (χ1n) is 9.70. The van der Waals surface area contributed by atoms with E-state index < -0.39 is 23.7 Å². The number of hydrogen-bond acceptors (Lipinski definition) is 2. The SMILES string of the molecule is CC(C)(C)S(=O)NC(CP(c1ccccc1)c1ccccc1)c1ccccc1O. The van der Waals surface area contributed by atoms with E-state index in [-0.39, 0.29) is 11.8 Å². The molecule has 2 N–H and O–H groups in total. The molecule has 2 unspecified atom stereocenters. The summed E-state index contributed by atoms with van der Waals surface area (Å²) < 4.78 is 15.9. The van der Waals surface area contributed by atoms with Gasteiger partial charge in [-0.15, -0.1) is 0 Å². The van der Waals surface area contributed by atoms with E-state index in [0.29, 0.717) is 0 Å². The van der Waals surface area contributed by atoms with Crippen LogP contribution in [0.2, 0.25) is 0 Å². The third kappa shape index (κ3) is 5.76. The molecule has 0 amide bonds. The van der Waals surface area contributed by atoms with Crippen molar-refractivity contribution in [1.29, 1.82) is 0 Å². The van der Waals surface area contributed by atoms with Crippen molar-refractivity contribution in [2.45, 2.75) is 31.6 Å². The van der Waals surface area contributed by atoms with Crippen LogP contribution in [-0.2, 0) is 11.0 Å². The molecular formula is C24H28NO2PS. The van der Waals surface area contributed by atoms with Crippen molar-refractivity contribution in [3.63, 3.8) is 0 Å². The fraction of sp³-hybridized carbons (Fsp3) is 0.250. The first-order chi connectivity index (χ1) is 13.9. The van der Waals surface area contributed by atoms with Gasteiger partial charge in [-0.2, -0.15) is 0 Å². The molecule has 3 nitrogen and oxygen atoms in total. The highest BCUT2D eigenvalue weighted by molar-refractivity contribution is 7.84. The zero-order valence-electron chi connectivity index (χ0n) is 17.1. The Hall–Kier alpha value is -2.00. The summed E-state index contributed by atoms with van der Waals surface area (Å²) in [6, 6.07) is 28.0. The molecule has 0 aliphatic rings. The minimum absolute atomic E-state index is 0.229. The minimum Gasteiger partial charge on any atom is -0.508 e. The van der Waals surface area contributed by atoms with Crippen LogP contribution < -0.4 is 15.3 Å². The zero-order valence-corrected chi connectivity index (χ0v) is 18.8. The van der Waals surface area contributed by atoms with Crippen LogP contribution in [0.5, 0.6) is 5.75 Å². The molecule has 0 aliphatic carbocycles. The van der Waals surface area contributed by atoms with Crippen molar-refractivity contribution >= 4 is 29.5 Å². The van der Waals surface area contributed by atoms with Gasteiger partial charge in [0.15, 0.2) is 0 Å². The second-order valence-electron chi connectivity index (χ2n) is 7.89. The van der Waals surface area contributed by atoms with Gasteiger partial charge in [0.05, 0.1) is 21.8 Å². The van der Waals surface area contributed by atoms with Gasteiger partial charge in [-0.05, 0) is 51.5 Å². The zero-order chi connectivity index (χ0) is 20.9. The first kappa shape index (κ1) is 21.7. The lowest BCUT2D eigenvalue weighted by Gasteiger charge is -2.29. The Morgan fingerprint density at radius 1 is 0.862 bits per heavy atom. The Bertz CT molecular complexity index is 902. The third-order valence-electron chi connectivity index (χ3n) is 4.62. The standard InChI is InChI=1S/C24H28NO2PS/c1-24(2,3)29(27)25-22(21-16-10-11-17-23(21)26)18-28(19-12-6-4-7-13-19)20-14-8-5-9-15-20/h4-17,22,25-26H,18H2,1-3H3. The van der Waals surface area contributed by atoms with Gasteiger partial charge in [-0.25, -0.2) is 8.93 Å². The summed E-state index contributed by atoms with van der Waals surface area (Å²) in [4.78, 5) is 0. The Balaban J connectivity index is 2.01. The fourth-order valence-corrected chi connectivity index (χ4v) is 6.43. The molecule has 0 saturated carbocycles. The van der Waals surface area contributed by atoms with Crippen molar-refractivity contribution in [2.75, 3.05) is 6.16 Å². The van der Waals surface area contributed by atoms with Crippen LogP contribution in [-0.4, -0.2) is 20.2 Å². The van der Waals surface area contributed by atoms with E-state index >= 15 is 0 Å². The highest BCUT2D eigenvalue weighted by atomic mass is 32.2. The smallest absolute Gasteiger partial charge is 0.120 e. The summed E-state index contributed by atoms with van der Waals surface area (Å²) in [5.74, 6) is 0.229. The van der Waals surface area contributed by atoms with E-state index in [4.69, 9.17) is 0 Å². The fourth-order valence-electron chi connectivity index (χ4n) is 3.05. The summed E-state index contributed by atoms with van der Waals surface area (Å²) in [5, 5.41) is 13.0. The van der Waals surface area contributed by atoms with Gasteiger partial charge in [0, 0.05) is 5.56 Å². The van der Waals surface area contributed by atoms with Gasteiger partial charge in [0.2, 0.25) is 0 Å². The minimum atomic E-state index is -1.26. The van der Waals surface area contributed by atoms with Gasteiger partial charge in [-0.3, -0.25) is 0 Å². The van der Waals surface area contributed by atoms with Gasteiger partial charge in [-0.1, -0.05) is 78.9 Å². The molecule has 5 heteroatoms. The number of rotatable bonds is 7. The second-order valence-corrected chi connectivity index (χ2v) is 12.1. The highest BCUT2D eigenvalue weighted by Crippen LogP contribution is 2.40. The van der Waals surface area contributed by atoms with Crippen LogP contribution in [0.25, 0.3) is 0 Å². The van der Waals surface area contributed by atoms with Gasteiger partial charge < -0.3 is 5.11 Å². The van der Waals surface area contributed by atoms with Crippen LogP contribution in [0.15, 0.2) is 84.9 Å². The van der Waals surface area contributed by atoms with Gasteiger partial charge >= 0.3 is 0 Å². The number of aromatic hydroxyl groups is 1. The third-order valence-corrected chi connectivity index (χ3v) is 8.80. The number of phenols is 1. The largest absolute Gasteiger partial charge is 0.508 e. The van der Waals surface area contributed by atoms with Crippen molar-refractivity contribution in [3.8, 4) is 5.75 Å². The van der Waals surface area contributed by atoms with Crippen LogP contribution in [0.1, 0.15) is 32.4 Å². The molecule has 3 aromatic carbocycles. The molecule has 0 heterocycles. The molecule has 3 rings (SSSR count). The van der Waals surface area contributed by atoms with Crippen LogP contribution >= 0.6 is 7.92 Å². The maximum Gasteiger partial charge on any atom is 0.120 e. The number of benzene rings is 3. The van der Waals surface area contributed by atoms with E-state index in [9.17, 15) is 9.32 Å². The molecule has 0 aliphatic heterocycles. The maximum absolute atomic E-state index is 12.9. The number of nitrogens with one attached hydrogen (secondary N) is 1. The summed E-state index contributed by atoms with van der Waals surface area (Å²) in [6.45, 7) is 5.86. The quantitative estimate of drug-likeness (QED) is 0.543. The number of para-hydroxylation sites is 1. The van der Waals surface area contributed by atoms with Crippen LogP contribution in [0, 0.1) is 0 Å².